The van der Waals surface area contributed by atoms with Crippen LogP contribution in [0, 0.1) is 17.5 Å². The van der Waals surface area contributed by atoms with Crippen molar-refractivity contribution < 1.29 is 27.9 Å². The lowest BCUT2D eigenvalue weighted by atomic mass is 9.99. The molecule has 0 saturated heterocycles. The van der Waals surface area contributed by atoms with Crippen molar-refractivity contribution >= 4 is 17.7 Å². The van der Waals surface area contributed by atoms with Gasteiger partial charge >= 0.3 is 12.0 Å². The highest BCUT2D eigenvalue weighted by Gasteiger charge is 2.22. The van der Waals surface area contributed by atoms with Crippen LogP contribution in [-0.4, -0.2) is 22.6 Å². The van der Waals surface area contributed by atoms with Gasteiger partial charge in [-0.1, -0.05) is 0 Å². The number of rotatable bonds is 5. The number of amides is 2. The van der Waals surface area contributed by atoms with E-state index in [-0.39, 0.29) is 12.8 Å². The summed E-state index contributed by atoms with van der Waals surface area (Å²) in [6.07, 6.45) is -0.0111. The molecule has 3 N–H and O–H groups in total. The third kappa shape index (κ3) is 4.97. The van der Waals surface area contributed by atoms with Gasteiger partial charge in [0.05, 0.1) is 5.69 Å². The molecule has 0 aliphatic carbocycles. The van der Waals surface area contributed by atoms with Crippen molar-refractivity contribution in [3.8, 4) is 0 Å². The van der Waals surface area contributed by atoms with E-state index >= 15 is 0 Å². The van der Waals surface area contributed by atoms with E-state index in [0.29, 0.717) is 6.07 Å². The fraction of sp³-hybridized carbons (Fsp3) is 0.385. The Kier molecular flexibility index (Phi) is 5.17. The molecule has 8 heteroatoms. The van der Waals surface area contributed by atoms with Crippen LogP contribution in [0.2, 0.25) is 0 Å². The second-order valence-electron chi connectivity index (χ2n) is 5.08. The van der Waals surface area contributed by atoms with Gasteiger partial charge in [0, 0.05) is 12.0 Å². The van der Waals surface area contributed by atoms with E-state index in [4.69, 9.17) is 5.11 Å². The summed E-state index contributed by atoms with van der Waals surface area (Å²) in [5.41, 5.74) is -1.38. The average Bonchev–Trinajstić information content (AvgIpc) is 2.37. The molecule has 0 aliphatic heterocycles. The van der Waals surface area contributed by atoms with Crippen LogP contribution in [0.3, 0.4) is 0 Å². The normalized spacial score (nSPS) is 11.1. The van der Waals surface area contributed by atoms with Gasteiger partial charge in [0.1, 0.15) is 0 Å². The molecular weight excluding hydrogens is 289 g/mol. The maximum atomic E-state index is 13.4. The summed E-state index contributed by atoms with van der Waals surface area (Å²) in [5.74, 6) is -5.57. The lowest BCUT2D eigenvalue weighted by Crippen LogP contribution is -2.45. The Morgan fingerprint density at radius 2 is 1.81 bits per heavy atom. The minimum atomic E-state index is -1.68. The summed E-state index contributed by atoms with van der Waals surface area (Å²) in [5, 5.41) is 13.1. The van der Waals surface area contributed by atoms with Crippen LogP contribution in [0.15, 0.2) is 12.1 Å². The van der Waals surface area contributed by atoms with E-state index in [1.54, 1.807) is 13.8 Å². The number of carboxylic acid groups (broad SMARTS) is 1. The Labute approximate surface area is 119 Å². The lowest BCUT2D eigenvalue weighted by molar-refractivity contribution is -0.137. The number of anilines is 1. The molecule has 0 saturated carbocycles. The second kappa shape index (κ2) is 6.47. The first-order valence-electron chi connectivity index (χ1n) is 6.07. The highest BCUT2D eigenvalue weighted by atomic mass is 19.2. The topological polar surface area (TPSA) is 78.4 Å². The number of carbonyl (C=O) groups excluding carboxylic acids is 1. The number of halogens is 3. The first kappa shape index (κ1) is 16.8. The molecule has 0 aromatic heterocycles. The third-order valence-corrected chi connectivity index (χ3v) is 2.70. The first-order chi connectivity index (χ1) is 9.62. The Balaban J connectivity index is 2.70. The van der Waals surface area contributed by atoms with E-state index in [0.717, 1.165) is 6.07 Å². The second-order valence-corrected chi connectivity index (χ2v) is 5.08. The fourth-order valence-electron chi connectivity index (χ4n) is 1.57. The van der Waals surface area contributed by atoms with E-state index in [1.165, 1.54) is 0 Å². The maximum absolute atomic E-state index is 13.4. The molecule has 1 aromatic rings. The average molecular weight is 304 g/mol. The van der Waals surface area contributed by atoms with Crippen molar-refractivity contribution in [1.82, 2.24) is 5.32 Å². The fourth-order valence-corrected chi connectivity index (χ4v) is 1.57. The minimum absolute atomic E-state index is 0.149. The van der Waals surface area contributed by atoms with Gasteiger partial charge in [-0.3, -0.25) is 4.79 Å². The highest BCUT2D eigenvalue weighted by molar-refractivity contribution is 5.89. The molecule has 0 atom stereocenters. The predicted octanol–water partition coefficient (Wildman–Crippen LogP) is 2.87. The van der Waals surface area contributed by atoms with Gasteiger partial charge in [0.25, 0.3) is 0 Å². The number of aliphatic carboxylic acids is 1. The van der Waals surface area contributed by atoms with Crippen molar-refractivity contribution in [3.63, 3.8) is 0 Å². The standard InChI is InChI=1S/C13H15F3N2O3/c1-13(2,6-5-9(19)20)18-12(21)17-8-4-3-7(14)10(15)11(8)16/h3-4H,5-6H2,1-2H3,(H,19,20)(H2,17,18,21). The number of carbonyl (C=O) groups is 2. The number of nitrogens with one attached hydrogen (secondary N) is 2. The first-order valence-corrected chi connectivity index (χ1v) is 6.07. The van der Waals surface area contributed by atoms with Crippen molar-refractivity contribution in [1.29, 1.82) is 0 Å². The van der Waals surface area contributed by atoms with Crippen LogP contribution < -0.4 is 10.6 Å². The molecule has 0 aliphatic rings. The number of benzene rings is 1. The highest BCUT2D eigenvalue weighted by Crippen LogP contribution is 2.20. The molecule has 0 unspecified atom stereocenters. The van der Waals surface area contributed by atoms with Gasteiger partial charge in [0.2, 0.25) is 0 Å². The molecule has 0 fully saturated rings. The quantitative estimate of drug-likeness (QED) is 0.732. The number of carboxylic acids is 1. The SMILES string of the molecule is CC(C)(CCC(=O)O)NC(=O)Nc1ccc(F)c(F)c1F. The molecular formula is C13H15F3N2O3. The van der Waals surface area contributed by atoms with Crippen molar-refractivity contribution in [3.05, 3.63) is 29.6 Å². The molecule has 1 rings (SSSR count). The molecule has 1 aromatic carbocycles. The van der Waals surface area contributed by atoms with E-state index in [2.05, 4.69) is 5.32 Å². The predicted molar refractivity (Wildman–Crippen MR) is 69.4 cm³/mol. The van der Waals surface area contributed by atoms with Crippen molar-refractivity contribution in [2.45, 2.75) is 32.2 Å². The zero-order valence-corrected chi connectivity index (χ0v) is 11.5. The summed E-state index contributed by atoms with van der Waals surface area (Å²) < 4.78 is 39.1. The van der Waals surface area contributed by atoms with Crippen LogP contribution in [0.4, 0.5) is 23.7 Å². The Morgan fingerprint density at radius 3 is 2.38 bits per heavy atom. The Hall–Kier alpha value is -2.25. The lowest BCUT2D eigenvalue weighted by Gasteiger charge is -2.25. The maximum Gasteiger partial charge on any atom is 0.319 e. The van der Waals surface area contributed by atoms with Crippen LogP contribution >= 0.6 is 0 Å². The largest absolute Gasteiger partial charge is 0.481 e. The monoisotopic (exact) mass is 304 g/mol. The molecule has 21 heavy (non-hydrogen) atoms. The van der Waals surface area contributed by atoms with Crippen molar-refractivity contribution in [2.75, 3.05) is 5.32 Å². The van der Waals surface area contributed by atoms with Gasteiger partial charge in [-0.2, -0.15) is 0 Å². The number of hydrogen-bond donors (Lipinski definition) is 3. The Morgan fingerprint density at radius 1 is 1.19 bits per heavy atom. The zero-order chi connectivity index (χ0) is 16.2. The van der Waals surface area contributed by atoms with Gasteiger partial charge in [0.15, 0.2) is 17.5 Å². The molecule has 0 bridgehead atoms. The molecule has 0 radical (unpaired) electrons. The summed E-state index contributed by atoms with van der Waals surface area (Å²) in [4.78, 5) is 22.2. The van der Waals surface area contributed by atoms with Crippen LogP contribution in [-0.2, 0) is 4.79 Å². The molecule has 0 spiro atoms. The van der Waals surface area contributed by atoms with Gasteiger partial charge < -0.3 is 15.7 Å². The van der Waals surface area contributed by atoms with Crippen LogP contribution in [0.5, 0.6) is 0 Å². The summed E-state index contributed by atoms with van der Waals surface area (Å²) in [6, 6.07) is 0.719. The van der Waals surface area contributed by atoms with E-state index in [9.17, 15) is 22.8 Å². The number of hydrogen-bond acceptors (Lipinski definition) is 2. The summed E-state index contributed by atoms with van der Waals surface area (Å²) in [6.45, 7) is 3.16. The van der Waals surface area contributed by atoms with Crippen LogP contribution in [0.1, 0.15) is 26.7 Å². The molecule has 116 valence electrons. The molecule has 0 heterocycles. The van der Waals surface area contributed by atoms with Crippen molar-refractivity contribution in [2.24, 2.45) is 0 Å². The van der Waals surface area contributed by atoms with E-state index < -0.39 is 40.7 Å². The minimum Gasteiger partial charge on any atom is -0.481 e. The third-order valence-electron chi connectivity index (χ3n) is 2.70. The van der Waals surface area contributed by atoms with E-state index in [1.807, 2.05) is 5.32 Å². The molecule has 5 nitrogen and oxygen atoms in total. The van der Waals surface area contributed by atoms with Crippen LogP contribution in [0.25, 0.3) is 0 Å². The summed E-state index contributed by atoms with van der Waals surface area (Å²) in [7, 11) is 0. The number of urea groups is 1. The molecule has 2 amide bonds. The van der Waals surface area contributed by atoms with Gasteiger partial charge in [-0.05, 0) is 32.4 Å². The Bertz CT molecular complexity index is 562. The van der Waals surface area contributed by atoms with Gasteiger partial charge in [-0.25, -0.2) is 18.0 Å². The van der Waals surface area contributed by atoms with Gasteiger partial charge in [-0.15, -0.1) is 0 Å². The smallest absolute Gasteiger partial charge is 0.319 e. The summed E-state index contributed by atoms with van der Waals surface area (Å²) >= 11 is 0. The zero-order valence-electron chi connectivity index (χ0n) is 11.5.